The smallest absolute Gasteiger partial charge is 0.330 e. The fraction of sp³-hybridized carbons (Fsp3) is 0.571. The summed E-state index contributed by atoms with van der Waals surface area (Å²) >= 11 is 0. The van der Waals surface area contributed by atoms with Gasteiger partial charge in [0.15, 0.2) is 0 Å². The Morgan fingerprint density at radius 3 is 2.05 bits per heavy atom. The molecule has 1 fully saturated rings. The highest BCUT2D eigenvalue weighted by molar-refractivity contribution is 5.81. The molecule has 0 aromatic heterocycles. The van der Waals surface area contributed by atoms with Crippen LogP contribution in [0.4, 0.5) is 0 Å². The van der Waals surface area contributed by atoms with Crippen LogP contribution >= 0.6 is 0 Å². The maximum absolute atomic E-state index is 10.5. The molecule has 0 N–H and O–H groups in total. The molecular formula is C14H22O5. The lowest BCUT2D eigenvalue weighted by Gasteiger charge is -2.16. The minimum absolute atomic E-state index is 0.0403. The van der Waals surface area contributed by atoms with Gasteiger partial charge in [-0.1, -0.05) is 33.9 Å². The van der Waals surface area contributed by atoms with E-state index in [0.717, 1.165) is 6.08 Å². The van der Waals surface area contributed by atoms with Gasteiger partial charge in [-0.2, -0.15) is 0 Å². The zero-order valence-electron chi connectivity index (χ0n) is 11.8. The number of hydrogen-bond donors (Lipinski definition) is 0. The van der Waals surface area contributed by atoms with Gasteiger partial charge in [0.05, 0.1) is 13.2 Å². The third kappa shape index (κ3) is 12.6. The molecule has 0 amide bonds. The Kier molecular flexibility index (Phi) is 7.75. The summed E-state index contributed by atoms with van der Waals surface area (Å²) < 4.78 is 14.2. The van der Waals surface area contributed by atoms with Gasteiger partial charge in [-0.3, -0.25) is 0 Å². The monoisotopic (exact) mass is 270 g/mol. The summed E-state index contributed by atoms with van der Waals surface area (Å²) in [7, 11) is 0. The molecule has 0 radical (unpaired) electrons. The van der Waals surface area contributed by atoms with Crippen LogP contribution in [0.1, 0.15) is 20.8 Å². The molecule has 1 unspecified atom stereocenters. The minimum Gasteiger partial charge on any atom is -0.462 e. The van der Waals surface area contributed by atoms with E-state index in [1.54, 1.807) is 0 Å². The van der Waals surface area contributed by atoms with Crippen LogP contribution in [0, 0.1) is 5.41 Å². The SMILES string of the molecule is C=CC(=O)OCC(C)(C)C.C=CC(=O)OCC1CO1. The third-order valence-corrected chi connectivity index (χ3v) is 1.79. The molecule has 0 saturated carbocycles. The number of carbonyl (C=O) groups is 2. The number of rotatable bonds is 5. The first-order chi connectivity index (χ1) is 8.78. The maximum Gasteiger partial charge on any atom is 0.330 e. The van der Waals surface area contributed by atoms with Crippen LogP contribution in [0.25, 0.3) is 0 Å². The fourth-order valence-electron chi connectivity index (χ4n) is 0.745. The van der Waals surface area contributed by atoms with Crippen molar-refractivity contribution >= 4 is 11.9 Å². The Hall–Kier alpha value is -1.62. The Balaban J connectivity index is 0.000000342. The van der Waals surface area contributed by atoms with Crippen molar-refractivity contribution in [2.24, 2.45) is 5.41 Å². The Morgan fingerprint density at radius 1 is 1.21 bits per heavy atom. The van der Waals surface area contributed by atoms with Crippen molar-refractivity contribution in [3.8, 4) is 0 Å². The van der Waals surface area contributed by atoms with E-state index < -0.39 is 0 Å². The van der Waals surface area contributed by atoms with Crippen molar-refractivity contribution < 1.29 is 23.8 Å². The van der Waals surface area contributed by atoms with E-state index >= 15 is 0 Å². The van der Waals surface area contributed by atoms with Crippen molar-refractivity contribution in [2.45, 2.75) is 26.9 Å². The lowest BCUT2D eigenvalue weighted by Crippen LogP contribution is -2.16. The topological polar surface area (TPSA) is 65.1 Å². The van der Waals surface area contributed by atoms with Gasteiger partial charge in [0, 0.05) is 12.2 Å². The number of hydrogen-bond acceptors (Lipinski definition) is 5. The van der Waals surface area contributed by atoms with Gasteiger partial charge in [0.1, 0.15) is 12.7 Å². The van der Waals surface area contributed by atoms with Crippen LogP contribution in [0.3, 0.4) is 0 Å². The normalized spacial score (nSPS) is 16.5. The summed E-state index contributed by atoms with van der Waals surface area (Å²) in [6.45, 7) is 14.1. The first-order valence-electron chi connectivity index (χ1n) is 5.98. The number of ether oxygens (including phenoxy) is 3. The molecule has 0 aliphatic carbocycles. The summed E-state index contributed by atoms with van der Waals surface area (Å²) in [6, 6.07) is 0. The van der Waals surface area contributed by atoms with Crippen LogP contribution in [0.5, 0.6) is 0 Å². The Morgan fingerprint density at radius 2 is 1.68 bits per heavy atom. The van der Waals surface area contributed by atoms with Gasteiger partial charge in [-0.25, -0.2) is 9.59 Å². The van der Waals surface area contributed by atoms with Gasteiger partial charge in [0.2, 0.25) is 0 Å². The zero-order chi connectivity index (χ0) is 14.9. The van der Waals surface area contributed by atoms with Gasteiger partial charge >= 0.3 is 11.9 Å². The van der Waals surface area contributed by atoms with Crippen molar-refractivity contribution in [3.63, 3.8) is 0 Å². The predicted octanol–water partition coefficient (Wildman–Crippen LogP) is 1.88. The van der Waals surface area contributed by atoms with E-state index in [1.807, 2.05) is 20.8 Å². The summed E-state index contributed by atoms with van der Waals surface area (Å²) in [5.41, 5.74) is 0.0403. The largest absolute Gasteiger partial charge is 0.462 e. The lowest BCUT2D eigenvalue weighted by molar-refractivity contribution is -0.140. The molecule has 0 aromatic rings. The van der Waals surface area contributed by atoms with Crippen LogP contribution in [0.2, 0.25) is 0 Å². The lowest BCUT2D eigenvalue weighted by atomic mass is 9.99. The van der Waals surface area contributed by atoms with Gasteiger partial charge in [-0.05, 0) is 5.41 Å². The van der Waals surface area contributed by atoms with Crippen LogP contribution in [-0.4, -0.2) is 37.9 Å². The second kappa shape index (κ2) is 8.48. The molecule has 0 aromatic carbocycles. The maximum atomic E-state index is 10.5. The molecule has 1 aliphatic rings. The van der Waals surface area contributed by atoms with Crippen molar-refractivity contribution in [2.75, 3.05) is 19.8 Å². The molecule has 108 valence electrons. The minimum atomic E-state index is -0.384. The zero-order valence-corrected chi connectivity index (χ0v) is 11.8. The molecule has 1 atom stereocenters. The summed E-state index contributed by atoms with van der Waals surface area (Å²) in [4.78, 5) is 20.9. The van der Waals surface area contributed by atoms with Crippen molar-refractivity contribution in [3.05, 3.63) is 25.3 Å². The van der Waals surface area contributed by atoms with E-state index in [9.17, 15) is 9.59 Å². The molecule has 1 saturated heterocycles. The second-order valence-corrected chi connectivity index (χ2v) is 5.16. The highest BCUT2D eigenvalue weighted by Gasteiger charge is 2.23. The quantitative estimate of drug-likeness (QED) is 0.433. The first kappa shape index (κ1) is 17.4. The molecule has 5 nitrogen and oxygen atoms in total. The highest BCUT2D eigenvalue weighted by atomic mass is 16.6. The second-order valence-electron chi connectivity index (χ2n) is 5.16. The standard InChI is InChI=1S/C8H14O2.C6H8O3/c1-5-7(9)10-6-8(2,3)4;1-2-6(7)9-4-5-3-8-5/h5H,1,6H2,2-4H3;2,5H,1,3-4H2. The molecule has 1 rings (SSSR count). The Bertz CT molecular complexity index is 323. The number of carbonyl (C=O) groups excluding carboxylic acids is 2. The highest BCUT2D eigenvalue weighted by Crippen LogP contribution is 2.12. The summed E-state index contributed by atoms with van der Waals surface area (Å²) in [6.07, 6.45) is 2.46. The first-order valence-corrected chi connectivity index (χ1v) is 5.98. The molecular weight excluding hydrogens is 248 g/mol. The molecule has 1 heterocycles. The van der Waals surface area contributed by atoms with Gasteiger partial charge in [0.25, 0.3) is 0 Å². The van der Waals surface area contributed by atoms with E-state index in [1.165, 1.54) is 6.08 Å². The summed E-state index contributed by atoms with van der Waals surface area (Å²) in [5, 5.41) is 0. The molecule has 19 heavy (non-hydrogen) atoms. The van der Waals surface area contributed by atoms with Gasteiger partial charge < -0.3 is 14.2 Å². The molecule has 5 heteroatoms. The van der Waals surface area contributed by atoms with Gasteiger partial charge in [-0.15, -0.1) is 0 Å². The van der Waals surface area contributed by atoms with E-state index in [0.29, 0.717) is 19.8 Å². The van der Waals surface area contributed by atoms with E-state index in [4.69, 9.17) is 9.47 Å². The average molecular weight is 270 g/mol. The predicted molar refractivity (Wildman–Crippen MR) is 71.5 cm³/mol. The molecule has 0 bridgehead atoms. The third-order valence-electron chi connectivity index (χ3n) is 1.79. The van der Waals surface area contributed by atoms with Crippen LogP contribution in [0.15, 0.2) is 25.3 Å². The fourth-order valence-corrected chi connectivity index (χ4v) is 0.745. The van der Waals surface area contributed by atoms with Crippen molar-refractivity contribution in [1.82, 2.24) is 0 Å². The Labute approximate surface area is 114 Å². The van der Waals surface area contributed by atoms with E-state index in [2.05, 4.69) is 17.9 Å². The van der Waals surface area contributed by atoms with Crippen LogP contribution < -0.4 is 0 Å². The molecule has 1 aliphatic heterocycles. The molecule has 0 spiro atoms. The number of esters is 2. The number of epoxide rings is 1. The average Bonchev–Trinajstić information content (AvgIpc) is 3.16. The summed E-state index contributed by atoms with van der Waals surface area (Å²) in [5.74, 6) is -0.736. The van der Waals surface area contributed by atoms with Crippen LogP contribution in [-0.2, 0) is 23.8 Å². The van der Waals surface area contributed by atoms with E-state index in [-0.39, 0.29) is 23.5 Å². The van der Waals surface area contributed by atoms with Crippen molar-refractivity contribution in [1.29, 1.82) is 0 Å².